The Hall–Kier alpha value is -2.38. The third-order valence-electron chi connectivity index (χ3n) is 4.31. The van der Waals surface area contributed by atoms with Crippen molar-refractivity contribution in [1.29, 1.82) is 0 Å². The van der Waals surface area contributed by atoms with Gasteiger partial charge in [-0.25, -0.2) is 8.42 Å². The average Bonchev–Trinajstić information content (AvgIpc) is 3.16. The van der Waals surface area contributed by atoms with E-state index in [9.17, 15) is 13.2 Å². The quantitative estimate of drug-likeness (QED) is 0.814. The van der Waals surface area contributed by atoms with Crippen LogP contribution in [0.5, 0.6) is 0 Å². The van der Waals surface area contributed by atoms with Crippen LogP contribution in [0.4, 0.5) is 5.69 Å². The van der Waals surface area contributed by atoms with Gasteiger partial charge in [0.1, 0.15) is 0 Å². The van der Waals surface area contributed by atoms with Crippen LogP contribution in [0.15, 0.2) is 53.4 Å². The standard InChI is InChI=1S/C19H22N2O4S/c1-14-9-10-15(19(22)20-13-16-6-5-11-25-16)12-18(14)21-26(23,24)17-7-3-2-4-8-17/h2-4,7-10,12,16,21H,5-6,11,13H2,1H3,(H,20,22). The van der Waals surface area contributed by atoms with Gasteiger partial charge >= 0.3 is 0 Å². The van der Waals surface area contributed by atoms with Gasteiger partial charge in [0.15, 0.2) is 0 Å². The molecule has 6 nitrogen and oxygen atoms in total. The maximum absolute atomic E-state index is 12.5. The Morgan fingerprint density at radius 2 is 1.96 bits per heavy atom. The van der Waals surface area contributed by atoms with Gasteiger partial charge in [-0.15, -0.1) is 0 Å². The first-order valence-electron chi connectivity index (χ1n) is 8.54. The van der Waals surface area contributed by atoms with Crippen molar-refractivity contribution in [2.45, 2.75) is 30.8 Å². The summed E-state index contributed by atoms with van der Waals surface area (Å²) in [5.74, 6) is -0.249. The zero-order valence-corrected chi connectivity index (χ0v) is 15.4. The SMILES string of the molecule is Cc1ccc(C(=O)NCC2CCCO2)cc1NS(=O)(=O)c1ccccc1. The number of anilines is 1. The minimum Gasteiger partial charge on any atom is -0.376 e. The summed E-state index contributed by atoms with van der Waals surface area (Å²) in [6.07, 6.45) is 2.01. The van der Waals surface area contributed by atoms with Gasteiger partial charge in [-0.05, 0) is 49.6 Å². The number of nitrogens with one attached hydrogen (secondary N) is 2. The van der Waals surface area contributed by atoms with E-state index < -0.39 is 10.0 Å². The van der Waals surface area contributed by atoms with Gasteiger partial charge < -0.3 is 10.1 Å². The molecule has 1 fully saturated rings. The number of ether oxygens (including phenoxy) is 1. The molecule has 1 heterocycles. The van der Waals surface area contributed by atoms with E-state index in [0.29, 0.717) is 17.8 Å². The Labute approximate surface area is 153 Å². The van der Waals surface area contributed by atoms with E-state index in [0.717, 1.165) is 25.0 Å². The highest BCUT2D eigenvalue weighted by Gasteiger charge is 2.18. The number of amides is 1. The van der Waals surface area contributed by atoms with Crippen molar-refractivity contribution in [2.75, 3.05) is 17.9 Å². The van der Waals surface area contributed by atoms with Crippen LogP contribution in [0.3, 0.4) is 0 Å². The number of sulfonamides is 1. The van der Waals surface area contributed by atoms with Crippen LogP contribution in [0, 0.1) is 6.92 Å². The second-order valence-corrected chi connectivity index (χ2v) is 7.98. The van der Waals surface area contributed by atoms with Crippen LogP contribution < -0.4 is 10.0 Å². The number of carbonyl (C=O) groups is 1. The van der Waals surface area contributed by atoms with E-state index in [2.05, 4.69) is 10.0 Å². The first-order chi connectivity index (χ1) is 12.5. The fraction of sp³-hybridized carbons (Fsp3) is 0.316. The van der Waals surface area contributed by atoms with Crippen LogP contribution in [0.1, 0.15) is 28.8 Å². The molecule has 1 atom stereocenters. The van der Waals surface area contributed by atoms with Gasteiger partial charge in [-0.1, -0.05) is 24.3 Å². The summed E-state index contributed by atoms with van der Waals surface area (Å²) in [7, 11) is -3.71. The summed E-state index contributed by atoms with van der Waals surface area (Å²) in [6.45, 7) is 2.98. The van der Waals surface area contributed by atoms with Gasteiger partial charge in [-0.2, -0.15) is 0 Å². The van der Waals surface area contributed by atoms with Crippen molar-refractivity contribution in [3.05, 3.63) is 59.7 Å². The summed E-state index contributed by atoms with van der Waals surface area (Å²) < 4.78 is 33.1. The number of hydrogen-bond donors (Lipinski definition) is 2. The van der Waals surface area contributed by atoms with Crippen molar-refractivity contribution < 1.29 is 17.9 Å². The maximum Gasteiger partial charge on any atom is 0.261 e. The molecule has 7 heteroatoms. The minimum atomic E-state index is -3.71. The van der Waals surface area contributed by atoms with E-state index in [1.165, 1.54) is 12.1 Å². The Kier molecular flexibility index (Phi) is 5.58. The molecule has 0 bridgehead atoms. The molecule has 1 amide bonds. The van der Waals surface area contributed by atoms with Gasteiger partial charge in [0.25, 0.3) is 15.9 Å². The molecule has 0 radical (unpaired) electrons. The van der Waals surface area contributed by atoms with Gasteiger partial charge in [-0.3, -0.25) is 9.52 Å². The highest BCUT2D eigenvalue weighted by molar-refractivity contribution is 7.92. The Morgan fingerprint density at radius 3 is 2.65 bits per heavy atom. The molecule has 1 aliphatic heterocycles. The maximum atomic E-state index is 12.5. The molecule has 138 valence electrons. The normalized spacial score (nSPS) is 17.0. The Morgan fingerprint density at radius 1 is 1.19 bits per heavy atom. The second-order valence-electron chi connectivity index (χ2n) is 6.29. The smallest absolute Gasteiger partial charge is 0.261 e. The monoisotopic (exact) mass is 374 g/mol. The average molecular weight is 374 g/mol. The summed E-state index contributed by atoms with van der Waals surface area (Å²) in [6, 6.07) is 13.1. The highest BCUT2D eigenvalue weighted by atomic mass is 32.2. The molecule has 2 aromatic rings. The van der Waals surface area contributed by atoms with Crippen molar-refractivity contribution in [3.63, 3.8) is 0 Å². The molecular weight excluding hydrogens is 352 g/mol. The molecule has 2 N–H and O–H groups in total. The number of carbonyl (C=O) groups excluding carboxylic acids is 1. The molecule has 1 saturated heterocycles. The summed E-state index contributed by atoms with van der Waals surface area (Å²) in [5.41, 5.74) is 1.53. The van der Waals surface area contributed by atoms with Crippen molar-refractivity contribution in [1.82, 2.24) is 5.32 Å². The molecule has 3 rings (SSSR count). The lowest BCUT2D eigenvalue weighted by Crippen LogP contribution is -2.31. The van der Waals surface area contributed by atoms with Crippen LogP contribution in [0.2, 0.25) is 0 Å². The van der Waals surface area contributed by atoms with E-state index in [4.69, 9.17) is 4.74 Å². The Bertz CT molecular complexity index is 876. The third-order valence-corrected chi connectivity index (χ3v) is 5.69. The Balaban J connectivity index is 1.74. The lowest BCUT2D eigenvalue weighted by atomic mass is 10.1. The van der Waals surface area contributed by atoms with Crippen molar-refractivity contribution >= 4 is 21.6 Å². The molecular formula is C19H22N2O4S. The van der Waals surface area contributed by atoms with Crippen LogP contribution in [0.25, 0.3) is 0 Å². The zero-order chi connectivity index (χ0) is 18.6. The predicted octanol–water partition coefficient (Wildman–Crippen LogP) is 2.70. The van der Waals surface area contributed by atoms with E-state index in [1.54, 1.807) is 43.3 Å². The van der Waals surface area contributed by atoms with Gasteiger partial charge in [0, 0.05) is 18.7 Å². The van der Waals surface area contributed by atoms with E-state index in [1.807, 2.05) is 0 Å². The molecule has 0 saturated carbocycles. The first-order valence-corrected chi connectivity index (χ1v) is 10.0. The number of hydrogen-bond acceptors (Lipinski definition) is 4. The molecule has 1 aliphatic rings. The van der Waals surface area contributed by atoms with Crippen LogP contribution >= 0.6 is 0 Å². The fourth-order valence-electron chi connectivity index (χ4n) is 2.79. The number of benzene rings is 2. The molecule has 26 heavy (non-hydrogen) atoms. The highest BCUT2D eigenvalue weighted by Crippen LogP contribution is 2.21. The third kappa shape index (κ3) is 4.42. The molecule has 0 aliphatic carbocycles. The lowest BCUT2D eigenvalue weighted by molar-refractivity contribution is 0.0858. The molecule has 1 unspecified atom stereocenters. The fourth-order valence-corrected chi connectivity index (χ4v) is 3.93. The lowest BCUT2D eigenvalue weighted by Gasteiger charge is -2.14. The molecule has 2 aromatic carbocycles. The minimum absolute atomic E-state index is 0.0560. The zero-order valence-electron chi connectivity index (χ0n) is 14.6. The summed E-state index contributed by atoms with van der Waals surface area (Å²) in [5, 5.41) is 2.84. The number of aryl methyl sites for hydroxylation is 1. The number of rotatable bonds is 6. The van der Waals surface area contributed by atoms with Crippen LogP contribution in [-0.2, 0) is 14.8 Å². The molecule has 0 spiro atoms. The molecule has 0 aromatic heterocycles. The summed E-state index contributed by atoms with van der Waals surface area (Å²) in [4.78, 5) is 12.5. The largest absolute Gasteiger partial charge is 0.376 e. The van der Waals surface area contributed by atoms with Crippen molar-refractivity contribution in [2.24, 2.45) is 0 Å². The van der Waals surface area contributed by atoms with Gasteiger partial charge in [0.2, 0.25) is 0 Å². The first kappa shape index (κ1) is 18.4. The van der Waals surface area contributed by atoms with Gasteiger partial charge in [0.05, 0.1) is 16.7 Å². The van der Waals surface area contributed by atoms with Crippen molar-refractivity contribution in [3.8, 4) is 0 Å². The predicted molar refractivity (Wildman–Crippen MR) is 99.7 cm³/mol. The topological polar surface area (TPSA) is 84.5 Å². The second kappa shape index (κ2) is 7.88. The summed E-state index contributed by atoms with van der Waals surface area (Å²) >= 11 is 0. The van der Waals surface area contributed by atoms with E-state index >= 15 is 0 Å². The van der Waals surface area contributed by atoms with Crippen LogP contribution in [-0.4, -0.2) is 33.6 Å². The van der Waals surface area contributed by atoms with E-state index in [-0.39, 0.29) is 16.9 Å².